The molecular formula is C49H84O10. The largest absolute Gasteiger partial charge is 0.462 e. The molecule has 0 spiro atoms. The molecule has 1 rings (SSSR count). The number of aliphatic hydroxyl groups is 4. The van der Waals surface area contributed by atoms with Crippen LogP contribution in [0.4, 0.5) is 0 Å². The lowest BCUT2D eigenvalue weighted by atomic mass is 9.99. The van der Waals surface area contributed by atoms with Gasteiger partial charge >= 0.3 is 11.9 Å². The van der Waals surface area contributed by atoms with Crippen LogP contribution in [0.2, 0.25) is 0 Å². The lowest BCUT2D eigenvalue weighted by Gasteiger charge is -2.39. The van der Waals surface area contributed by atoms with Crippen LogP contribution in [-0.2, 0) is 28.5 Å². The summed E-state index contributed by atoms with van der Waals surface area (Å²) in [5.74, 6) is -0.855. The van der Waals surface area contributed by atoms with Crippen LogP contribution < -0.4 is 0 Å². The third kappa shape index (κ3) is 31.0. The van der Waals surface area contributed by atoms with Crippen LogP contribution in [0.1, 0.15) is 181 Å². The number of allylic oxidation sites excluding steroid dienone is 10. The highest BCUT2D eigenvalue weighted by atomic mass is 16.7. The van der Waals surface area contributed by atoms with E-state index in [0.29, 0.717) is 12.8 Å². The van der Waals surface area contributed by atoms with Crippen molar-refractivity contribution in [2.75, 3.05) is 19.8 Å². The minimum atomic E-state index is -1.60. The van der Waals surface area contributed by atoms with Gasteiger partial charge < -0.3 is 39.4 Å². The van der Waals surface area contributed by atoms with Gasteiger partial charge in [-0.15, -0.1) is 0 Å². The Labute approximate surface area is 358 Å². The monoisotopic (exact) mass is 833 g/mol. The van der Waals surface area contributed by atoms with Gasteiger partial charge in [-0.05, 0) is 83.5 Å². The molecule has 0 amide bonds. The van der Waals surface area contributed by atoms with Crippen molar-refractivity contribution in [3.8, 4) is 0 Å². The molecule has 1 heterocycles. The summed E-state index contributed by atoms with van der Waals surface area (Å²) in [5, 5.41) is 40.1. The molecule has 0 saturated carbocycles. The van der Waals surface area contributed by atoms with E-state index >= 15 is 0 Å². The molecule has 340 valence electrons. The Morgan fingerprint density at radius 2 is 0.949 bits per heavy atom. The molecular weight excluding hydrogens is 749 g/mol. The molecule has 1 aliphatic heterocycles. The molecule has 0 aromatic rings. The predicted octanol–water partition coefficient (Wildman–Crippen LogP) is 10.2. The fraction of sp³-hybridized carbons (Fsp3) is 0.755. The van der Waals surface area contributed by atoms with Crippen molar-refractivity contribution >= 4 is 11.9 Å². The summed E-state index contributed by atoms with van der Waals surface area (Å²) in [4.78, 5) is 25.3. The van der Waals surface area contributed by atoms with Crippen molar-refractivity contribution < 1.29 is 49.0 Å². The Kier molecular flexibility index (Phi) is 36.5. The SMILES string of the molecule is CCCCC/C=C/C/C=C/C/C=C/C/C=C/CCCCCC(=O)OC[C@@H](CO[C@H]1O[C@@H](CO)[C@@H](O)C(O)C1O)OC(=O)CCCCCCC/C=C/CCCCCCCC. The molecule has 0 aromatic carbocycles. The molecule has 1 fully saturated rings. The molecule has 6 atom stereocenters. The number of aliphatic hydroxyl groups excluding tert-OH is 4. The van der Waals surface area contributed by atoms with Crippen LogP contribution >= 0.6 is 0 Å². The van der Waals surface area contributed by atoms with Crippen molar-refractivity contribution in [1.82, 2.24) is 0 Å². The number of rotatable bonds is 38. The first-order valence-electron chi connectivity index (χ1n) is 23.4. The second kappa shape index (κ2) is 39.5. The van der Waals surface area contributed by atoms with Crippen molar-refractivity contribution in [3.63, 3.8) is 0 Å². The normalized spacial score (nSPS) is 20.5. The summed E-state index contributed by atoms with van der Waals surface area (Å²) in [7, 11) is 0. The fourth-order valence-electron chi connectivity index (χ4n) is 6.64. The van der Waals surface area contributed by atoms with E-state index in [0.717, 1.165) is 77.0 Å². The Bertz CT molecular complexity index is 1150. The van der Waals surface area contributed by atoms with E-state index < -0.39 is 55.4 Å². The average Bonchev–Trinajstić information content (AvgIpc) is 3.23. The second-order valence-electron chi connectivity index (χ2n) is 15.8. The number of hydrogen-bond acceptors (Lipinski definition) is 10. The van der Waals surface area contributed by atoms with Gasteiger partial charge in [0.25, 0.3) is 0 Å². The van der Waals surface area contributed by atoms with Gasteiger partial charge in [0.1, 0.15) is 31.0 Å². The molecule has 59 heavy (non-hydrogen) atoms. The maximum absolute atomic E-state index is 12.8. The van der Waals surface area contributed by atoms with E-state index in [1.165, 1.54) is 64.2 Å². The van der Waals surface area contributed by atoms with Crippen molar-refractivity contribution in [3.05, 3.63) is 60.8 Å². The van der Waals surface area contributed by atoms with E-state index in [-0.39, 0.29) is 26.1 Å². The van der Waals surface area contributed by atoms with Crippen LogP contribution in [-0.4, -0.2) is 89.0 Å². The number of hydrogen-bond donors (Lipinski definition) is 4. The summed E-state index contributed by atoms with van der Waals surface area (Å²) in [6, 6.07) is 0. The van der Waals surface area contributed by atoms with E-state index in [4.69, 9.17) is 18.9 Å². The summed E-state index contributed by atoms with van der Waals surface area (Å²) in [6.45, 7) is 3.34. The molecule has 0 aromatic heterocycles. The van der Waals surface area contributed by atoms with Gasteiger partial charge in [0.2, 0.25) is 0 Å². The summed E-state index contributed by atoms with van der Waals surface area (Å²) in [5.41, 5.74) is 0. The lowest BCUT2D eigenvalue weighted by molar-refractivity contribution is -0.305. The van der Waals surface area contributed by atoms with Gasteiger partial charge in [-0.2, -0.15) is 0 Å². The summed E-state index contributed by atoms with van der Waals surface area (Å²) >= 11 is 0. The highest BCUT2D eigenvalue weighted by Crippen LogP contribution is 2.22. The molecule has 0 radical (unpaired) electrons. The van der Waals surface area contributed by atoms with E-state index in [9.17, 15) is 30.0 Å². The Morgan fingerprint density at radius 3 is 1.49 bits per heavy atom. The zero-order valence-electron chi connectivity index (χ0n) is 37.0. The third-order valence-corrected chi connectivity index (χ3v) is 10.4. The zero-order valence-corrected chi connectivity index (χ0v) is 37.0. The number of esters is 2. The number of ether oxygens (including phenoxy) is 4. The first-order chi connectivity index (χ1) is 28.8. The highest BCUT2D eigenvalue weighted by molar-refractivity contribution is 5.70. The van der Waals surface area contributed by atoms with Crippen LogP contribution in [0.15, 0.2) is 60.8 Å². The molecule has 0 bridgehead atoms. The van der Waals surface area contributed by atoms with E-state index in [2.05, 4.69) is 74.6 Å². The Morgan fingerprint density at radius 1 is 0.525 bits per heavy atom. The minimum absolute atomic E-state index is 0.210. The van der Waals surface area contributed by atoms with Gasteiger partial charge in [0.15, 0.2) is 12.4 Å². The van der Waals surface area contributed by atoms with Gasteiger partial charge in [0.05, 0.1) is 13.2 Å². The van der Waals surface area contributed by atoms with Gasteiger partial charge in [-0.25, -0.2) is 0 Å². The summed E-state index contributed by atoms with van der Waals surface area (Å²) < 4.78 is 22.1. The number of unbranched alkanes of at least 4 members (excludes halogenated alkanes) is 17. The van der Waals surface area contributed by atoms with Gasteiger partial charge in [0, 0.05) is 12.8 Å². The lowest BCUT2D eigenvalue weighted by Crippen LogP contribution is -2.59. The highest BCUT2D eigenvalue weighted by Gasteiger charge is 2.44. The Hall–Kier alpha value is -2.60. The standard InChI is InChI=1S/C49H84O10/c1-3-5-7-9-11-13-15-17-19-20-21-22-24-25-27-29-31-33-35-37-44(51)56-40-42(41-57-49-48(55)47(54)46(53)43(39-50)59-49)58-45(52)38-36-34-32-30-28-26-23-18-16-14-12-10-8-6-4-2/h11,13,17-19,21-23,25,27,42-43,46-50,53-55H,3-10,12,14-16,20,24,26,28-41H2,1-2H3/b13-11+,19-17+,22-21+,23-18+,27-25+/t42-,43-,46+,47?,48?,49-/m0/s1. The van der Waals surface area contributed by atoms with Crippen LogP contribution in [0, 0.1) is 0 Å². The van der Waals surface area contributed by atoms with Crippen molar-refractivity contribution in [2.45, 2.75) is 218 Å². The summed E-state index contributed by atoms with van der Waals surface area (Å²) in [6.07, 6.45) is 40.8. The van der Waals surface area contributed by atoms with Gasteiger partial charge in [-0.1, -0.05) is 145 Å². The average molecular weight is 833 g/mol. The molecule has 1 saturated heterocycles. The first-order valence-corrected chi connectivity index (χ1v) is 23.4. The second-order valence-corrected chi connectivity index (χ2v) is 15.8. The van der Waals surface area contributed by atoms with Gasteiger partial charge in [-0.3, -0.25) is 9.59 Å². The first kappa shape index (κ1) is 54.4. The minimum Gasteiger partial charge on any atom is -0.462 e. The predicted molar refractivity (Wildman–Crippen MR) is 238 cm³/mol. The zero-order chi connectivity index (χ0) is 43.0. The number of carbonyl (C=O) groups excluding carboxylic acids is 2. The van der Waals surface area contributed by atoms with Crippen molar-refractivity contribution in [1.29, 1.82) is 0 Å². The molecule has 10 heteroatoms. The molecule has 1 aliphatic rings. The topological polar surface area (TPSA) is 152 Å². The smallest absolute Gasteiger partial charge is 0.306 e. The molecule has 10 nitrogen and oxygen atoms in total. The van der Waals surface area contributed by atoms with E-state index in [1.54, 1.807) is 0 Å². The van der Waals surface area contributed by atoms with Crippen molar-refractivity contribution in [2.24, 2.45) is 0 Å². The maximum atomic E-state index is 12.8. The maximum Gasteiger partial charge on any atom is 0.306 e. The Balaban J connectivity index is 2.35. The molecule has 2 unspecified atom stereocenters. The fourth-order valence-corrected chi connectivity index (χ4v) is 6.64. The van der Waals surface area contributed by atoms with Crippen LogP contribution in [0.25, 0.3) is 0 Å². The quantitative estimate of drug-likeness (QED) is 0.0269. The van der Waals surface area contributed by atoms with Crippen LogP contribution in [0.3, 0.4) is 0 Å². The molecule has 4 N–H and O–H groups in total. The molecule has 0 aliphatic carbocycles. The third-order valence-electron chi connectivity index (χ3n) is 10.4. The number of carbonyl (C=O) groups is 2. The van der Waals surface area contributed by atoms with E-state index in [1.807, 2.05) is 0 Å². The van der Waals surface area contributed by atoms with Crippen LogP contribution in [0.5, 0.6) is 0 Å².